The van der Waals surface area contributed by atoms with Crippen LogP contribution in [0.1, 0.15) is 17.0 Å². The molecule has 160 valence electrons. The van der Waals surface area contributed by atoms with Crippen molar-refractivity contribution in [2.45, 2.75) is 18.8 Å². The van der Waals surface area contributed by atoms with Crippen molar-refractivity contribution in [3.63, 3.8) is 0 Å². The molecule has 0 amide bonds. The normalized spacial score (nSPS) is 12.3. The van der Waals surface area contributed by atoms with Crippen LogP contribution in [-0.4, -0.2) is 16.7 Å². The molecule has 0 aliphatic heterocycles. The van der Waals surface area contributed by atoms with E-state index in [0.717, 1.165) is 24.3 Å². The van der Waals surface area contributed by atoms with Gasteiger partial charge >= 0.3 is 18.2 Å². The highest BCUT2D eigenvalue weighted by Gasteiger charge is 2.38. The first-order valence-corrected chi connectivity index (χ1v) is 8.52. The van der Waals surface area contributed by atoms with Crippen LogP contribution in [0.15, 0.2) is 40.9 Å². The van der Waals surface area contributed by atoms with E-state index in [1.165, 1.54) is 12.1 Å². The van der Waals surface area contributed by atoms with Crippen molar-refractivity contribution in [2.75, 3.05) is 6.61 Å². The number of halogens is 8. The molecule has 0 aliphatic rings. The minimum atomic E-state index is -4.82. The van der Waals surface area contributed by atoms with Gasteiger partial charge in [0.25, 0.3) is 0 Å². The Morgan fingerprint density at radius 2 is 1.70 bits per heavy atom. The molecule has 3 aromatic rings. The third kappa shape index (κ3) is 5.02. The Morgan fingerprint density at radius 1 is 0.967 bits per heavy atom. The van der Waals surface area contributed by atoms with Crippen LogP contribution in [-0.2, 0) is 18.8 Å². The van der Waals surface area contributed by atoms with Gasteiger partial charge in [0.1, 0.15) is 11.6 Å². The van der Waals surface area contributed by atoms with Gasteiger partial charge in [0.2, 0.25) is 5.82 Å². The van der Waals surface area contributed by atoms with Gasteiger partial charge in [-0.15, -0.1) is 0 Å². The van der Waals surface area contributed by atoms with Gasteiger partial charge in [0.05, 0.1) is 17.2 Å². The highest BCUT2D eigenvalue weighted by Crippen LogP contribution is 2.36. The zero-order chi connectivity index (χ0) is 22.1. The molecule has 0 radical (unpaired) electrons. The van der Waals surface area contributed by atoms with Gasteiger partial charge in [0, 0.05) is 12.0 Å². The quantitative estimate of drug-likeness (QED) is 0.431. The molecule has 4 nitrogen and oxygen atoms in total. The van der Waals surface area contributed by atoms with Crippen LogP contribution in [0.3, 0.4) is 0 Å². The topological polar surface area (TPSA) is 48.2 Å². The van der Waals surface area contributed by atoms with Crippen molar-refractivity contribution in [3.8, 4) is 17.1 Å². The number of nitrogens with zero attached hydrogens (tertiary/aromatic N) is 2. The summed E-state index contributed by atoms with van der Waals surface area (Å²) in [4.78, 5) is 3.17. The molecule has 0 unspecified atom stereocenters. The van der Waals surface area contributed by atoms with Gasteiger partial charge in [-0.1, -0.05) is 28.9 Å². The lowest BCUT2D eigenvalue weighted by atomic mass is 10.1. The van der Waals surface area contributed by atoms with Crippen molar-refractivity contribution in [1.29, 1.82) is 0 Å². The summed E-state index contributed by atoms with van der Waals surface area (Å²) in [6.07, 6.45) is -9.38. The average molecular weight is 455 g/mol. The molecule has 0 bridgehead atoms. The van der Waals surface area contributed by atoms with Crippen LogP contribution >= 0.6 is 11.6 Å². The van der Waals surface area contributed by atoms with Crippen LogP contribution in [0.4, 0.5) is 30.7 Å². The minimum Gasteiger partial charge on any atom is -0.493 e. The number of aromatic nitrogens is 2. The van der Waals surface area contributed by atoms with Gasteiger partial charge in [-0.25, -0.2) is 4.39 Å². The fourth-order valence-electron chi connectivity index (χ4n) is 2.44. The van der Waals surface area contributed by atoms with Crippen LogP contribution in [0.25, 0.3) is 11.4 Å². The molecule has 3 rings (SSSR count). The second-order valence-electron chi connectivity index (χ2n) is 5.96. The first-order valence-electron chi connectivity index (χ1n) is 8.14. The first-order chi connectivity index (χ1) is 13.9. The van der Waals surface area contributed by atoms with Crippen molar-refractivity contribution in [3.05, 3.63) is 64.3 Å². The van der Waals surface area contributed by atoms with E-state index in [1.54, 1.807) is 0 Å². The number of rotatable bonds is 5. The lowest BCUT2D eigenvalue weighted by Crippen LogP contribution is -2.07. The standard InChI is InChI=1S/C18H10ClF7N2O2/c19-13-8-11(3-4-12(13)17(21,22)23)29-6-5-9-1-2-10(7-14(9)20)15-27-16(30-28-15)18(24,25)26/h1-4,7-8H,5-6H2. The molecule has 2 aromatic carbocycles. The van der Waals surface area contributed by atoms with E-state index in [4.69, 9.17) is 16.3 Å². The van der Waals surface area contributed by atoms with E-state index in [2.05, 4.69) is 14.7 Å². The van der Waals surface area contributed by atoms with Crippen molar-refractivity contribution >= 4 is 11.6 Å². The Kier molecular flexibility index (Phi) is 5.93. The predicted molar refractivity (Wildman–Crippen MR) is 90.3 cm³/mol. The first kappa shape index (κ1) is 21.9. The van der Waals surface area contributed by atoms with Gasteiger partial charge < -0.3 is 9.26 Å². The molecule has 0 saturated heterocycles. The van der Waals surface area contributed by atoms with E-state index >= 15 is 0 Å². The van der Waals surface area contributed by atoms with Gasteiger partial charge in [-0.2, -0.15) is 31.3 Å². The molecule has 0 atom stereocenters. The third-order valence-electron chi connectivity index (χ3n) is 3.87. The van der Waals surface area contributed by atoms with Crippen molar-refractivity contribution in [2.24, 2.45) is 0 Å². The second-order valence-corrected chi connectivity index (χ2v) is 6.37. The molecule has 0 fully saturated rings. The molecular weight excluding hydrogens is 445 g/mol. The zero-order valence-electron chi connectivity index (χ0n) is 14.6. The van der Waals surface area contributed by atoms with Gasteiger partial charge in [0.15, 0.2) is 0 Å². The van der Waals surface area contributed by atoms with E-state index in [-0.39, 0.29) is 29.9 Å². The van der Waals surface area contributed by atoms with E-state index < -0.39 is 40.5 Å². The summed E-state index contributed by atoms with van der Waals surface area (Å²) < 4.78 is 99.1. The van der Waals surface area contributed by atoms with E-state index in [9.17, 15) is 30.7 Å². The van der Waals surface area contributed by atoms with Crippen LogP contribution < -0.4 is 4.74 Å². The fraction of sp³-hybridized carbons (Fsp3) is 0.222. The maximum absolute atomic E-state index is 14.2. The van der Waals surface area contributed by atoms with Crippen molar-refractivity contribution in [1.82, 2.24) is 10.1 Å². The summed E-state index contributed by atoms with van der Waals surface area (Å²) in [5.74, 6) is -2.66. The van der Waals surface area contributed by atoms with Gasteiger partial charge in [-0.3, -0.25) is 0 Å². The fourth-order valence-corrected chi connectivity index (χ4v) is 2.72. The molecule has 12 heteroatoms. The molecule has 0 N–H and O–H groups in total. The number of hydrogen-bond acceptors (Lipinski definition) is 4. The SMILES string of the molecule is Fc1cc(-c2noc(C(F)(F)F)n2)ccc1CCOc1ccc(C(F)(F)F)c(Cl)c1. The van der Waals surface area contributed by atoms with E-state index in [0.29, 0.717) is 0 Å². The summed E-state index contributed by atoms with van der Waals surface area (Å²) in [6.45, 7) is -0.0849. The Morgan fingerprint density at radius 3 is 2.27 bits per heavy atom. The van der Waals surface area contributed by atoms with E-state index in [1.807, 2.05) is 0 Å². The minimum absolute atomic E-state index is 0.0223. The smallest absolute Gasteiger partial charge is 0.471 e. The second kappa shape index (κ2) is 8.13. The largest absolute Gasteiger partial charge is 0.493 e. The molecule has 0 aliphatic carbocycles. The Hall–Kier alpha value is -2.82. The average Bonchev–Trinajstić information content (AvgIpc) is 3.12. The molecule has 1 heterocycles. The third-order valence-corrected chi connectivity index (χ3v) is 4.18. The molecule has 1 aromatic heterocycles. The molecule has 0 saturated carbocycles. The molecular formula is C18H10ClF7N2O2. The summed E-state index contributed by atoms with van der Waals surface area (Å²) in [6, 6.07) is 6.40. The van der Waals surface area contributed by atoms with Crippen LogP contribution in [0.5, 0.6) is 5.75 Å². The monoisotopic (exact) mass is 454 g/mol. The summed E-state index contributed by atoms with van der Waals surface area (Å²) in [5.41, 5.74) is -0.865. The highest BCUT2D eigenvalue weighted by atomic mass is 35.5. The Balaban J connectivity index is 1.64. The summed E-state index contributed by atoms with van der Waals surface area (Å²) in [7, 11) is 0. The summed E-state index contributed by atoms with van der Waals surface area (Å²) in [5, 5.41) is 2.63. The summed E-state index contributed by atoms with van der Waals surface area (Å²) >= 11 is 5.59. The number of ether oxygens (including phenoxy) is 1. The highest BCUT2D eigenvalue weighted by molar-refractivity contribution is 6.31. The number of hydrogen-bond donors (Lipinski definition) is 0. The number of alkyl halides is 6. The lowest BCUT2D eigenvalue weighted by Gasteiger charge is -2.11. The molecule has 0 spiro atoms. The Bertz CT molecular complexity index is 1050. The Labute approximate surface area is 169 Å². The maximum atomic E-state index is 14.2. The van der Waals surface area contributed by atoms with Crippen LogP contribution in [0.2, 0.25) is 5.02 Å². The van der Waals surface area contributed by atoms with Gasteiger partial charge in [-0.05, 0) is 29.8 Å². The lowest BCUT2D eigenvalue weighted by molar-refractivity contribution is -0.159. The van der Waals surface area contributed by atoms with Crippen LogP contribution in [0, 0.1) is 5.82 Å². The zero-order valence-corrected chi connectivity index (χ0v) is 15.4. The van der Waals surface area contributed by atoms with Crippen molar-refractivity contribution < 1.29 is 40.0 Å². The number of benzene rings is 2. The predicted octanol–water partition coefficient (Wildman–Crippen LogP) is 6.19. The molecule has 30 heavy (non-hydrogen) atoms. The maximum Gasteiger partial charge on any atom is 0.471 e.